The van der Waals surface area contributed by atoms with Crippen LogP contribution in [-0.4, -0.2) is 29.2 Å². The van der Waals surface area contributed by atoms with Crippen molar-refractivity contribution >= 4 is 11.7 Å². The Hall–Kier alpha value is -1.88. The monoisotopic (exact) mass is 263 g/mol. The first kappa shape index (κ1) is 13.5. The van der Waals surface area contributed by atoms with E-state index >= 15 is 0 Å². The third-order valence-corrected chi connectivity index (χ3v) is 3.00. The summed E-state index contributed by atoms with van der Waals surface area (Å²) in [6.07, 6.45) is -0.00423. The van der Waals surface area contributed by atoms with Crippen LogP contribution in [0.2, 0.25) is 0 Å². The van der Waals surface area contributed by atoms with Gasteiger partial charge in [-0.05, 0) is 26.3 Å². The van der Waals surface area contributed by atoms with Crippen molar-refractivity contribution in [2.45, 2.75) is 33.0 Å². The van der Waals surface area contributed by atoms with Gasteiger partial charge in [-0.25, -0.2) is 4.79 Å². The number of carbonyl (C=O) groups excluding carboxylic acids is 1. The summed E-state index contributed by atoms with van der Waals surface area (Å²) in [4.78, 5) is 16.5. The Bertz CT molecular complexity index is 538. The predicted molar refractivity (Wildman–Crippen MR) is 69.7 cm³/mol. The van der Waals surface area contributed by atoms with Crippen LogP contribution in [0.5, 0.6) is 0 Å². The van der Waals surface area contributed by atoms with Gasteiger partial charge in [0.1, 0.15) is 0 Å². The van der Waals surface area contributed by atoms with Gasteiger partial charge in [0.2, 0.25) is 0 Å². The van der Waals surface area contributed by atoms with E-state index in [9.17, 15) is 9.90 Å². The normalized spacial score (nSPS) is 21.8. The minimum absolute atomic E-state index is 0.00423. The SMILES string of the molecule is CCOC(=O)C1(O)CC(c2ccc(C)cc2C)=NO1. The third kappa shape index (κ3) is 2.61. The molecule has 0 fully saturated rings. The van der Waals surface area contributed by atoms with Gasteiger partial charge < -0.3 is 14.7 Å². The fourth-order valence-corrected chi connectivity index (χ4v) is 2.06. The van der Waals surface area contributed by atoms with Gasteiger partial charge in [0.05, 0.1) is 18.7 Å². The van der Waals surface area contributed by atoms with E-state index in [1.165, 1.54) is 0 Å². The van der Waals surface area contributed by atoms with Gasteiger partial charge in [-0.15, -0.1) is 0 Å². The zero-order chi connectivity index (χ0) is 14.0. The number of aryl methyl sites for hydroxylation is 2. The van der Waals surface area contributed by atoms with Gasteiger partial charge in [0.15, 0.2) is 0 Å². The predicted octanol–water partition coefficient (Wildman–Crippen LogP) is 1.68. The van der Waals surface area contributed by atoms with Crippen LogP contribution in [0.3, 0.4) is 0 Å². The molecule has 102 valence electrons. The topological polar surface area (TPSA) is 68.1 Å². The minimum atomic E-state index is -2.00. The smallest absolute Gasteiger partial charge is 0.382 e. The molecule has 0 aliphatic carbocycles. The van der Waals surface area contributed by atoms with Crippen LogP contribution >= 0.6 is 0 Å². The van der Waals surface area contributed by atoms with Crippen molar-refractivity contribution in [1.82, 2.24) is 0 Å². The first-order valence-electron chi connectivity index (χ1n) is 6.18. The second-order valence-corrected chi connectivity index (χ2v) is 4.63. The number of hydrogen-bond acceptors (Lipinski definition) is 5. The van der Waals surface area contributed by atoms with E-state index in [1.807, 2.05) is 32.0 Å². The number of hydrogen-bond donors (Lipinski definition) is 1. The number of ether oxygens (including phenoxy) is 1. The average molecular weight is 263 g/mol. The molecule has 2 rings (SSSR count). The first-order chi connectivity index (χ1) is 8.96. The largest absolute Gasteiger partial charge is 0.461 e. The molecule has 1 N–H and O–H groups in total. The highest BCUT2D eigenvalue weighted by Crippen LogP contribution is 2.27. The summed E-state index contributed by atoms with van der Waals surface area (Å²) in [6.45, 7) is 5.80. The highest BCUT2D eigenvalue weighted by Gasteiger charge is 2.46. The number of carbonyl (C=O) groups is 1. The Morgan fingerprint density at radius 2 is 2.26 bits per heavy atom. The van der Waals surface area contributed by atoms with Crippen molar-refractivity contribution in [1.29, 1.82) is 0 Å². The van der Waals surface area contributed by atoms with E-state index in [-0.39, 0.29) is 13.0 Å². The van der Waals surface area contributed by atoms with E-state index in [0.29, 0.717) is 5.71 Å². The fourth-order valence-electron chi connectivity index (χ4n) is 2.06. The maximum absolute atomic E-state index is 11.6. The Morgan fingerprint density at radius 1 is 1.53 bits per heavy atom. The molecule has 1 aliphatic rings. The molecule has 0 aromatic heterocycles. The lowest BCUT2D eigenvalue weighted by atomic mass is 9.97. The molecule has 0 spiro atoms. The first-order valence-corrected chi connectivity index (χ1v) is 6.18. The second-order valence-electron chi connectivity index (χ2n) is 4.63. The van der Waals surface area contributed by atoms with Gasteiger partial charge in [0, 0.05) is 5.56 Å². The number of rotatable bonds is 3. The van der Waals surface area contributed by atoms with Crippen molar-refractivity contribution in [2.24, 2.45) is 5.16 Å². The van der Waals surface area contributed by atoms with Crippen molar-refractivity contribution in [3.8, 4) is 0 Å². The molecule has 1 atom stereocenters. The third-order valence-electron chi connectivity index (χ3n) is 3.00. The molecular weight excluding hydrogens is 246 g/mol. The molecule has 0 saturated heterocycles. The van der Waals surface area contributed by atoms with Crippen LogP contribution in [0.25, 0.3) is 0 Å². The molecule has 1 heterocycles. The van der Waals surface area contributed by atoms with E-state index in [1.54, 1.807) is 6.92 Å². The molecular formula is C14H17NO4. The quantitative estimate of drug-likeness (QED) is 0.842. The number of nitrogens with zero attached hydrogens (tertiary/aromatic N) is 1. The average Bonchev–Trinajstić information content (AvgIpc) is 2.73. The molecule has 0 bridgehead atoms. The van der Waals surface area contributed by atoms with Crippen LogP contribution < -0.4 is 0 Å². The summed E-state index contributed by atoms with van der Waals surface area (Å²) < 4.78 is 4.78. The summed E-state index contributed by atoms with van der Waals surface area (Å²) in [5.74, 6) is -2.80. The van der Waals surface area contributed by atoms with Crippen molar-refractivity contribution < 1.29 is 19.5 Å². The summed E-state index contributed by atoms with van der Waals surface area (Å²) >= 11 is 0. The van der Waals surface area contributed by atoms with E-state index in [0.717, 1.165) is 16.7 Å². The van der Waals surface area contributed by atoms with Crippen LogP contribution in [0, 0.1) is 13.8 Å². The van der Waals surface area contributed by atoms with Crippen molar-refractivity contribution in [2.75, 3.05) is 6.61 Å². The lowest BCUT2D eigenvalue weighted by molar-refractivity contribution is -0.218. The molecule has 1 aromatic rings. The molecule has 5 nitrogen and oxygen atoms in total. The van der Waals surface area contributed by atoms with Crippen molar-refractivity contribution in [3.63, 3.8) is 0 Å². The standard InChI is InChI=1S/C14H17NO4/c1-4-18-13(16)14(17)8-12(15-19-14)11-6-5-9(2)7-10(11)3/h5-7,17H,4,8H2,1-3H3. The van der Waals surface area contributed by atoms with Gasteiger partial charge >= 0.3 is 11.8 Å². The number of aliphatic hydroxyl groups is 1. The summed E-state index contributed by atoms with van der Waals surface area (Å²) in [6, 6.07) is 5.87. The Morgan fingerprint density at radius 3 is 2.89 bits per heavy atom. The lowest BCUT2D eigenvalue weighted by Crippen LogP contribution is -2.40. The van der Waals surface area contributed by atoms with Gasteiger partial charge in [0.25, 0.3) is 0 Å². The van der Waals surface area contributed by atoms with Crippen LogP contribution in [0.15, 0.2) is 23.4 Å². The van der Waals surface area contributed by atoms with Gasteiger partial charge in [-0.3, -0.25) is 0 Å². The number of esters is 1. The molecule has 0 amide bonds. The van der Waals surface area contributed by atoms with E-state index in [4.69, 9.17) is 9.57 Å². The van der Waals surface area contributed by atoms with Crippen LogP contribution in [-0.2, 0) is 14.4 Å². The van der Waals surface area contributed by atoms with E-state index < -0.39 is 11.8 Å². The Kier molecular flexibility index (Phi) is 3.57. The maximum atomic E-state index is 11.6. The lowest BCUT2D eigenvalue weighted by Gasteiger charge is -2.17. The second kappa shape index (κ2) is 5.01. The maximum Gasteiger partial charge on any atom is 0.382 e. The highest BCUT2D eigenvalue weighted by atomic mass is 16.8. The van der Waals surface area contributed by atoms with Gasteiger partial charge in [-0.1, -0.05) is 28.9 Å². The van der Waals surface area contributed by atoms with Crippen molar-refractivity contribution in [3.05, 3.63) is 34.9 Å². The number of oxime groups is 1. The fraction of sp³-hybridized carbons (Fsp3) is 0.429. The minimum Gasteiger partial charge on any atom is -0.461 e. The van der Waals surface area contributed by atoms with Gasteiger partial charge in [-0.2, -0.15) is 0 Å². The zero-order valence-electron chi connectivity index (χ0n) is 11.3. The molecule has 19 heavy (non-hydrogen) atoms. The molecule has 1 aliphatic heterocycles. The zero-order valence-corrected chi connectivity index (χ0v) is 11.3. The molecule has 1 aromatic carbocycles. The molecule has 1 unspecified atom stereocenters. The number of benzene rings is 1. The van der Waals surface area contributed by atoms with E-state index in [2.05, 4.69) is 5.16 Å². The summed E-state index contributed by atoms with van der Waals surface area (Å²) in [7, 11) is 0. The summed E-state index contributed by atoms with van der Waals surface area (Å²) in [5, 5.41) is 13.9. The molecule has 0 radical (unpaired) electrons. The Labute approximate surface area is 111 Å². The molecule has 5 heteroatoms. The van der Waals surface area contributed by atoms with Crippen LogP contribution in [0.1, 0.15) is 30.0 Å². The van der Waals surface area contributed by atoms with Crippen LogP contribution in [0.4, 0.5) is 0 Å². The Balaban J connectivity index is 2.19. The summed E-state index contributed by atoms with van der Waals surface area (Å²) in [5.41, 5.74) is 3.58. The highest BCUT2D eigenvalue weighted by molar-refractivity contribution is 6.05. The molecule has 0 saturated carbocycles.